The first-order valence-corrected chi connectivity index (χ1v) is 5.36. The van der Waals surface area contributed by atoms with Crippen LogP contribution in [-0.2, 0) is 0 Å². The number of hydrogen-bond donors (Lipinski definition) is 1. The molecule has 2 rings (SSSR count). The molecule has 1 fully saturated rings. The number of rotatable bonds is 3. The molecular weight excluding hydrogens is 220 g/mol. The van der Waals surface area contributed by atoms with Gasteiger partial charge in [0.25, 0.3) is 0 Å². The van der Waals surface area contributed by atoms with Crippen LogP contribution in [0, 0.1) is 17.6 Å². The summed E-state index contributed by atoms with van der Waals surface area (Å²) in [6, 6.07) is 1.59. The van der Waals surface area contributed by atoms with Crippen molar-refractivity contribution in [1.29, 1.82) is 0 Å². The molecule has 0 unspecified atom stereocenters. The van der Waals surface area contributed by atoms with Crippen molar-refractivity contribution in [3.63, 3.8) is 0 Å². The van der Waals surface area contributed by atoms with Gasteiger partial charge in [-0.1, -0.05) is 24.4 Å². The minimum atomic E-state index is -0.612. The zero-order valence-electron chi connectivity index (χ0n) is 8.14. The molecule has 0 radical (unpaired) electrons. The van der Waals surface area contributed by atoms with Crippen LogP contribution in [0.4, 0.5) is 8.78 Å². The standard InChI is InChI=1S/C11H12ClF2N/c12-11-8(14)4-3-7(13)10(11)9(15)5-6-1-2-6/h3-4,6,9H,1-2,5,15H2/t9-/m0/s1. The second-order valence-corrected chi connectivity index (χ2v) is 4.42. The minimum absolute atomic E-state index is 0.114. The molecule has 0 saturated heterocycles. The Bertz CT molecular complexity index is 377. The van der Waals surface area contributed by atoms with Crippen molar-refractivity contribution in [2.75, 3.05) is 0 Å². The minimum Gasteiger partial charge on any atom is -0.324 e. The summed E-state index contributed by atoms with van der Waals surface area (Å²) in [5, 5.41) is -0.178. The Labute approximate surface area is 92.2 Å². The Morgan fingerprint density at radius 3 is 2.53 bits per heavy atom. The second-order valence-electron chi connectivity index (χ2n) is 4.04. The summed E-state index contributed by atoms with van der Waals surface area (Å²) in [4.78, 5) is 0. The molecule has 2 N–H and O–H groups in total. The summed E-state index contributed by atoms with van der Waals surface area (Å²) in [6.45, 7) is 0. The third-order valence-corrected chi connectivity index (χ3v) is 3.12. The molecule has 0 amide bonds. The van der Waals surface area contributed by atoms with E-state index in [1.165, 1.54) is 0 Å². The highest BCUT2D eigenvalue weighted by Crippen LogP contribution is 2.39. The summed E-state index contributed by atoms with van der Waals surface area (Å²) in [5.74, 6) is -0.576. The van der Waals surface area contributed by atoms with Crippen molar-refractivity contribution in [2.24, 2.45) is 11.7 Å². The lowest BCUT2D eigenvalue weighted by Crippen LogP contribution is -2.14. The Morgan fingerprint density at radius 1 is 1.33 bits per heavy atom. The van der Waals surface area contributed by atoms with Crippen molar-refractivity contribution < 1.29 is 8.78 Å². The van der Waals surface area contributed by atoms with E-state index in [2.05, 4.69) is 0 Å². The molecule has 1 aromatic carbocycles. The number of hydrogen-bond acceptors (Lipinski definition) is 1. The molecule has 1 saturated carbocycles. The Hall–Kier alpha value is -0.670. The quantitative estimate of drug-likeness (QED) is 0.793. The summed E-state index contributed by atoms with van der Waals surface area (Å²) in [6.07, 6.45) is 2.94. The van der Waals surface area contributed by atoms with E-state index in [0.717, 1.165) is 25.0 Å². The highest BCUT2D eigenvalue weighted by molar-refractivity contribution is 6.31. The molecule has 1 nitrogen and oxygen atoms in total. The maximum absolute atomic E-state index is 13.4. The lowest BCUT2D eigenvalue weighted by Gasteiger charge is -2.14. The van der Waals surface area contributed by atoms with Crippen molar-refractivity contribution in [2.45, 2.75) is 25.3 Å². The summed E-state index contributed by atoms with van der Waals surface area (Å²) >= 11 is 5.70. The lowest BCUT2D eigenvalue weighted by molar-refractivity contribution is 0.531. The molecule has 0 bridgehead atoms. The number of halogens is 3. The first-order chi connectivity index (χ1) is 7.09. The van der Waals surface area contributed by atoms with Gasteiger partial charge in [0.05, 0.1) is 5.02 Å². The largest absolute Gasteiger partial charge is 0.324 e. The van der Waals surface area contributed by atoms with Crippen LogP contribution in [0.5, 0.6) is 0 Å². The van der Waals surface area contributed by atoms with Gasteiger partial charge >= 0.3 is 0 Å². The number of nitrogens with two attached hydrogens (primary N) is 1. The van der Waals surface area contributed by atoms with Crippen LogP contribution in [0.25, 0.3) is 0 Å². The zero-order valence-corrected chi connectivity index (χ0v) is 8.90. The normalized spacial score (nSPS) is 17.9. The monoisotopic (exact) mass is 231 g/mol. The van der Waals surface area contributed by atoms with Crippen LogP contribution < -0.4 is 5.73 Å². The molecule has 0 aliphatic heterocycles. The molecule has 4 heteroatoms. The molecule has 1 aromatic rings. The zero-order chi connectivity index (χ0) is 11.0. The van der Waals surface area contributed by atoms with Crippen molar-refractivity contribution in [3.05, 3.63) is 34.4 Å². The molecule has 1 aliphatic rings. The fourth-order valence-corrected chi connectivity index (χ4v) is 2.01. The van der Waals surface area contributed by atoms with Gasteiger partial charge in [0, 0.05) is 11.6 Å². The predicted molar refractivity (Wildman–Crippen MR) is 55.6 cm³/mol. The van der Waals surface area contributed by atoms with Crippen LogP contribution in [0.15, 0.2) is 12.1 Å². The summed E-state index contributed by atoms with van der Waals surface area (Å²) in [5.41, 5.74) is 5.93. The SMILES string of the molecule is N[C@@H](CC1CC1)c1c(F)ccc(F)c1Cl. The average Bonchev–Trinajstić information content (AvgIpc) is 2.96. The van der Waals surface area contributed by atoms with Crippen molar-refractivity contribution in [3.8, 4) is 0 Å². The Balaban J connectivity index is 2.27. The van der Waals surface area contributed by atoms with E-state index in [-0.39, 0.29) is 10.6 Å². The van der Waals surface area contributed by atoms with E-state index < -0.39 is 17.7 Å². The van der Waals surface area contributed by atoms with Crippen LogP contribution in [0.3, 0.4) is 0 Å². The highest BCUT2D eigenvalue weighted by atomic mass is 35.5. The third kappa shape index (κ3) is 2.29. The fraction of sp³-hybridized carbons (Fsp3) is 0.455. The Morgan fingerprint density at radius 2 is 1.93 bits per heavy atom. The maximum Gasteiger partial charge on any atom is 0.142 e. The van der Waals surface area contributed by atoms with Gasteiger partial charge < -0.3 is 5.73 Å². The molecule has 0 spiro atoms. The van der Waals surface area contributed by atoms with Gasteiger partial charge in [-0.3, -0.25) is 0 Å². The van der Waals surface area contributed by atoms with Crippen LogP contribution in [0.1, 0.15) is 30.9 Å². The van der Waals surface area contributed by atoms with E-state index in [1.54, 1.807) is 0 Å². The Kier molecular flexibility index (Phi) is 2.94. The van der Waals surface area contributed by atoms with Gasteiger partial charge in [0.2, 0.25) is 0 Å². The first-order valence-electron chi connectivity index (χ1n) is 4.98. The van der Waals surface area contributed by atoms with Gasteiger partial charge in [0.15, 0.2) is 0 Å². The van der Waals surface area contributed by atoms with Crippen LogP contribution in [0.2, 0.25) is 5.02 Å². The van der Waals surface area contributed by atoms with E-state index in [0.29, 0.717) is 12.3 Å². The van der Waals surface area contributed by atoms with E-state index >= 15 is 0 Å². The van der Waals surface area contributed by atoms with Crippen molar-refractivity contribution in [1.82, 2.24) is 0 Å². The molecular formula is C11H12ClF2N. The van der Waals surface area contributed by atoms with E-state index in [1.807, 2.05) is 0 Å². The molecule has 0 aromatic heterocycles. The number of benzene rings is 1. The molecule has 1 atom stereocenters. The molecule has 0 heterocycles. The van der Waals surface area contributed by atoms with Gasteiger partial charge in [-0.25, -0.2) is 8.78 Å². The summed E-state index contributed by atoms with van der Waals surface area (Å²) in [7, 11) is 0. The van der Waals surface area contributed by atoms with Crippen LogP contribution in [-0.4, -0.2) is 0 Å². The molecule has 1 aliphatic carbocycles. The van der Waals surface area contributed by atoms with Gasteiger partial charge in [-0.15, -0.1) is 0 Å². The fourth-order valence-electron chi connectivity index (χ4n) is 1.71. The molecule has 82 valence electrons. The predicted octanol–water partition coefficient (Wildman–Crippen LogP) is 3.42. The highest BCUT2D eigenvalue weighted by Gasteiger charge is 2.27. The van der Waals surface area contributed by atoms with E-state index in [4.69, 9.17) is 17.3 Å². The van der Waals surface area contributed by atoms with Crippen LogP contribution >= 0.6 is 11.6 Å². The molecule has 15 heavy (non-hydrogen) atoms. The smallest absolute Gasteiger partial charge is 0.142 e. The lowest BCUT2D eigenvalue weighted by atomic mass is 10.0. The van der Waals surface area contributed by atoms with Gasteiger partial charge in [0.1, 0.15) is 11.6 Å². The van der Waals surface area contributed by atoms with Gasteiger partial charge in [-0.05, 0) is 24.5 Å². The van der Waals surface area contributed by atoms with E-state index in [9.17, 15) is 8.78 Å². The third-order valence-electron chi connectivity index (χ3n) is 2.73. The average molecular weight is 232 g/mol. The van der Waals surface area contributed by atoms with Gasteiger partial charge in [-0.2, -0.15) is 0 Å². The maximum atomic E-state index is 13.4. The first kappa shape index (κ1) is 10.8. The second kappa shape index (κ2) is 4.06. The van der Waals surface area contributed by atoms with Crippen molar-refractivity contribution >= 4 is 11.6 Å². The summed E-state index contributed by atoms with van der Waals surface area (Å²) < 4.78 is 26.5. The topological polar surface area (TPSA) is 26.0 Å².